The van der Waals surface area contributed by atoms with E-state index in [2.05, 4.69) is 38.1 Å². The van der Waals surface area contributed by atoms with E-state index in [-0.39, 0.29) is 0 Å². The topological polar surface area (TPSA) is 9.23 Å². The van der Waals surface area contributed by atoms with Gasteiger partial charge in [0.15, 0.2) is 0 Å². The number of rotatable bonds is 18. The van der Waals surface area contributed by atoms with Gasteiger partial charge in [-0.05, 0) is 25.5 Å². The molecule has 0 amide bonds. The Morgan fingerprint density at radius 3 is 1.29 bits per heavy atom. The molecule has 0 aromatic heterocycles. The first-order valence-electron chi connectivity index (χ1n) is 12.5. The van der Waals surface area contributed by atoms with Crippen molar-refractivity contribution in [3.8, 4) is 5.75 Å². The molecule has 0 heterocycles. The maximum Gasteiger partial charge on any atom is 0.119 e. The summed E-state index contributed by atoms with van der Waals surface area (Å²) in [5, 5.41) is 0. The SMILES string of the molecule is CC.CCCCCCCCCCCCCCCCCCOc1ccc(C)cc1. The zero-order valence-electron chi connectivity index (χ0n) is 19.7. The second kappa shape index (κ2) is 22.3. The van der Waals surface area contributed by atoms with E-state index < -0.39 is 0 Å². The summed E-state index contributed by atoms with van der Waals surface area (Å²) in [5.74, 6) is 1.01. The summed E-state index contributed by atoms with van der Waals surface area (Å²) < 4.78 is 5.78. The van der Waals surface area contributed by atoms with Crippen LogP contribution in [0.15, 0.2) is 24.3 Å². The quantitative estimate of drug-likeness (QED) is 0.227. The number of hydrogen-bond acceptors (Lipinski definition) is 1. The molecule has 0 aliphatic carbocycles. The molecule has 1 rings (SSSR count). The maximum atomic E-state index is 5.78. The first-order chi connectivity index (χ1) is 13.8. The number of unbranched alkanes of at least 4 members (excludes halogenated alkanes) is 15. The minimum Gasteiger partial charge on any atom is -0.494 e. The fraction of sp³-hybridized carbons (Fsp3) is 0.778. The van der Waals surface area contributed by atoms with Gasteiger partial charge in [-0.15, -0.1) is 0 Å². The Morgan fingerprint density at radius 2 is 0.893 bits per heavy atom. The van der Waals surface area contributed by atoms with Crippen LogP contribution in [0.2, 0.25) is 0 Å². The summed E-state index contributed by atoms with van der Waals surface area (Å²) in [6, 6.07) is 8.37. The average Bonchev–Trinajstić information content (AvgIpc) is 2.73. The lowest BCUT2D eigenvalue weighted by atomic mass is 10.0. The van der Waals surface area contributed by atoms with Crippen LogP contribution < -0.4 is 4.74 Å². The molecule has 1 nitrogen and oxygen atoms in total. The molecule has 0 radical (unpaired) electrons. The first-order valence-corrected chi connectivity index (χ1v) is 12.5. The third-order valence-electron chi connectivity index (χ3n) is 5.29. The van der Waals surface area contributed by atoms with Crippen molar-refractivity contribution in [2.75, 3.05) is 6.61 Å². The largest absolute Gasteiger partial charge is 0.494 e. The van der Waals surface area contributed by atoms with E-state index >= 15 is 0 Å². The van der Waals surface area contributed by atoms with Crippen molar-refractivity contribution in [3.63, 3.8) is 0 Å². The molecule has 1 aromatic rings. The monoisotopic (exact) mass is 390 g/mol. The third kappa shape index (κ3) is 18.4. The molecule has 0 aliphatic rings. The Balaban J connectivity index is 0.00000352. The summed E-state index contributed by atoms with van der Waals surface area (Å²) in [6.45, 7) is 9.27. The summed E-state index contributed by atoms with van der Waals surface area (Å²) >= 11 is 0. The van der Waals surface area contributed by atoms with Crippen LogP contribution in [-0.4, -0.2) is 6.61 Å². The normalized spacial score (nSPS) is 10.4. The van der Waals surface area contributed by atoms with Crippen molar-refractivity contribution in [1.29, 1.82) is 0 Å². The van der Waals surface area contributed by atoms with Crippen LogP contribution >= 0.6 is 0 Å². The minimum atomic E-state index is 0.863. The van der Waals surface area contributed by atoms with E-state index in [0.29, 0.717) is 0 Å². The molecular weight excluding hydrogens is 340 g/mol. The van der Waals surface area contributed by atoms with E-state index in [0.717, 1.165) is 12.4 Å². The lowest BCUT2D eigenvalue weighted by Gasteiger charge is -2.06. The molecule has 0 saturated heterocycles. The van der Waals surface area contributed by atoms with Crippen molar-refractivity contribution in [2.24, 2.45) is 0 Å². The minimum absolute atomic E-state index is 0.863. The molecule has 0 spiro atoms. The molecule has 0 saturated carbocycles. The fourth-order valence-electron chi connectivity index (χ4n) is 3.47. The average molecular weight is 391 g/mol. The summed E-state index contributed by atoms with van der Waals surface area (Å²) in [4.78, 5) is 0. The van der Waals surface area contributed by atoms with Crippen LogP contribution in [0, 0.1) is 6.92 Å². The number of aryl methyl sites for hydroxylation is 1. The molecule has 1 aromatic carbocycles. The third-order valence-corrected chi connectivity index (χ3v) is 5.29. The molecule has 0 aliphatic heterocycles. The van der Waals surface area contributed by atoms with Gasteiger partial charge in [-0.25, -0.2) is 0 Å². The molecule has 0 atom stereocenters. The lowest BCUT2D eigenvalue weighted by molar-refractivity contribution is 0.304. The van der Waals surface area contributed by atoms with Gasteiger partial charge in [-0.2, -0.15) is 0 Å². The zero-order valence-corrected chi connectivity index (χ0v) is 19.7. The molecule has 1 heteroatoms. The highest BCUT2D eigenvalue weighted by atomic mass is 16.5. The van der Waals surface area contributed by atoms with Crippen LogP contribution in [0.25, 0.3) is 0 Å². The van der Waals surface area contributed by atoms with Crippen LogP contribution in [0.3, 0.4) is 0 Å². The van der Waals surface area contributed by atoms with Crippen LogP contribution in [0.1, 0.15) is 129 Å². The van der Waals surface area contributed by atoms with E-state index in [1.807, 2.05) is 13.8 Å². The molecule has 0 unspecified atom stereocenters. The van der Waals surface area contributed by atoms with E-state index in [9.17, 15) is 0 Å². The standard InChI is InChI=1S/C25H44O.C2H6/c1-3-4-5-6-7-8-9-10-11-12-13-14-15-16-17-18-23-26-25-21-19-24(2)20-22-25;1-2/h19-22H,3-18,23H2,1-2H3;1-2H3. The van der Waals surface area contributed by atoms with Gasteiger partial charge >= 0.3 is 0 Å². The second-order valence-electron chi connectivity index (χ2n) is 7.96. The van der Waals surface area contributed by atoms with Crippen LogP contribution in [0.5, 0.6) is 5.75 Å². The van der Waals surface area contributed by atoms with Crippen LogP contribution in [0.4, 0.5) is 0 Å². The van der Waals surface area contributed by atoms with E-state index in [1.54, 1.807) is 0 Å². The molecular formula is C27H50O. The van der Waals surface area contributed by atoms with Crippen molar-refractivity contribution >= 4 is 0 Å². The molecule has 164 valence electrons. The highest BCUT2D eigenvalue weighted by Crippen LogP contribution is 2.15. The molecule has 28 heavy (non-hydrogen) atoms. The first kappa shape index (κ1) is 27.0. The lowest BCUT2D eigenvalue weighted by Crippen LogP contribution is -1.97. The predicted molar refractivity (Wildman–Crippen MR) is 128 cm³/mol. The second-order valence-corrected chi connectivity index (χ2v) is 7.96. The Bertz CT molecular complexity index is 395. The zero-order chi connectivity index (χ0) is 20.7. The Labute approximate surface area is 177 Å². The van der Waals surface area contributed by atoms with Crippen LogP contribution in [-0.2, 0) is 0 Å². The smallest absolute Gasteiger partial charge is 0.119 e. The Kier molecular flexibility index (Phi) is 21.5. The molecule has 0 bridgehead atoms. The van der Waals surface area contributed by atoms with Gasteiger partial charge in [0.25, 0.3) is 0 Å². The van der Waals surface area contributed by atoms with Crippen molar-refractivity contribution in [3.05, 3.63) is 29.8 Å². The Hall–Kier alpha value is -0.980. The number of ether oxygens (including phenoxy) is 1. The van der Waals surface area contributed by atoms with Gasteiger partial charge in [0.1, 0.15) is 5.75 Å². The van der Waals surface area contributed by atoms with Gasteiger partial charge < -0.3 is 4.74 Å². The highest BCUT2D eigenvalue weighted by molar-refractivity contribution is 5.26. The van der Waals surface area contributed by atoms with E-state index in [1.165, 1.54) is 108 Å². The summed E-state index contributed by atoms with van der Waals surface area (Å²) in [5.41, 5.74) is 1.29. The summed E-state index contributed by atoms with van der Waals surface area (Å²) in [6.07, 6.45) is 22.6. The molecule has 0 N–H and O–H groups in total. The number of hydrogen-bond donors (Lipinski definition) is 0. The fourth-order valence-corrected chi connectivity index (χ4v) is 3.47. The van der Waals surface area contributed by atoms with Gasteiger partial charge in [-0.1, -0.05) is 135 Å². The van der Waals surface area contributed by atoms with Gasteiger partial charge in [0.05, 0.1) is 6.61 Å². The van der Waals surface area contributed by atoms with Crippen molar-refractivity contribution in [1.82, 2.24) is 0 Å². The van der Waals surface area contributed by atoms with E-state index in [4.69, 9.17) is 4.74 Å². The Morgan fingerprint density at radius 1 is 0.536 bits per heavy atom. The van der Waals surface area contributed by atoms with Crippen molar-refractivity contribution in [2.45, 2.75) is 130 Å². The van der Waals surface area contributed by atoms with Gasteiger partial charge in [0, 0.05) is 0 Å². The van der Waals surface area contributed by atoms with Gasteiger partial charge in [-0.3, -0.25) is 0 Å². The predicted octanol–water partition coefficient (Wildman–Crippen LogP) is 9.66. The molecule has 0 fully saturated rings. The van der Waals surface area contributed by atoms with Gasteiger partial charge in [0.2, 0.25) is 0 Å². The highest BCUT2D eigenvalue weighted by Gasteiger charge is 1.96. The summed E-state index contributed by atoms with van der Waals surface area (Å²) in [7, 11) is 0. The maximum absolute atomic E-state index is 5.78. The number of benzene rings is 1. The van der Waals surface area contributed by atoms with Crippen molar-refractivity contribution < 1.29 is 4.74 Å².